The third-order valence-corrected chi connectivity index (χ3v) is 8.05. The summed E-state index contributed by atoms with van der Waals surface area (Å²) in [6.45, 7) is 2.12. The summed E-state index contributed by atoms with van der Waals surface area (Å²) in [6.07, 6.45) is 0.730. The van der Waals surface area contributed by atoms with Gasteiger partial charge in [-0.25, -0.2) is 12.8 Å². The second-order valence-electron chi connectivity index (χ2n) is 9.85. The Bertz CT molecular complexity index is 1630. The molecule has 4 aromatic carbocycles. The quantitative estimate of drug-likeness (QED) is 0.198. The van der Waals surface area contributed by atoms with Gasteiger partial charge in [-0.15, -0.1) is 0 Å². The fraction of sp³-hybridized carbons (Fsp3) is 0.212. The lowest BCUT2D eigenvalue weighted by Gasteiger charge is -2.31. The first-order chi connectivity index (χ1) is 21.2. The highest BCUT2D eigenvalue weighted by molar-refractivity contribution is 7.92. The highest BCUT2D eigenvalue weighted by Gasteiger charge is 2.31. The molecule has 0 fully saturated rings. The Morgan fingerprint density at radius 1 is 0.864 bits per heavy atom. The van der Waals surface area contributed by atoms with E-state index in [0.29, 0.717) is 17.9 Å². The topological polar surface area (TPSA) is 114 Å². The highest BCUT2D eigenvalue weighted by Crippen LogP contribution is 2.26. The van der Waals surface area contributed by atoms with Crippen LogP contribution >= 0.6 is 0 Å². The van der Waals surface area contributed by atoms with Crippen LogP contribution in [0.4, 0.5) is 10.1 Å². The van der Waals surface area contributed by atoms with Crippen molar-refractivity contribution in [2.24, 2.45) is 0 Å². The van der Waals surface area contributed by atoms with E-state index in [2.05, 4.69) is 10.0 Å². The van der Waals surface area contributed by atoms with Crippen LogP contribution in [0, 0.1) is 5.82 Å². The number of rotatable bonds is 14. The van der Waals surface area contributed by atoms with Crippen LogP contribution in [0.3, 0.4) is 0 Å². The number of amides is 2. The highest BCUT2D eigenvalue weighted by atomic mass is 32.2. The van der Waals surface area contributed by atoms with Gasteiger partial charge in [0.1, 0.15) is 23.4 Å². The Morgan fingerprint density at radius 3 is 2.11 bits per heavy atom. The van der Waals surface area contributed by atoms with E-state index in [1.807, 2.05) is 37.3 Å². The number of methoxy groups -OCH3 is 1. The molecule has 2 amide bonds. The molecule has 0 saturated carbocycles. The zero-order valence-electron chi connectivity index (χ0n) is 24.4. The average molecular weight is 620 g/mol. The van der Waals surface area contributed by atoms with Crippen LogP contribution in [-0.4, -0.2) is 45.4 Å². The molecule has 2 N–H and O–H groups in total. The summed E-state index contributed by atoms with van der Waals surface area (Å²) in [5.74, 6) is -0.328. The van der Waals surface area contributed by atoms with E-state index in [-0.39, 0.29) is 28.8 Å². The molecule has 0 heterocycles. The molecule has 0 radical (unpaired) electrons. The van der Waals surface area contributed by atoms with Gasteiger partial charge in [-0.1, -0.05) is 49.4 Å². The lowest BCUT2D eigenvalue weighted by Crippen LogP contribution is -2.45. The first-order valence-corrected chi connectivity index (χ1v) is 15.4. The Labute approximate surface area is 256 Å². The summed E-state index contributed by atoms with van der Waals surface area (Å²) in [4.78, 5) is 28.6. The number of carbonyl (C=O) groups is 2. The van der Waals surface area contributed by atoms with Gasteiger partial charge in [0.15, 0.2) is 6.61 Å². The number of sulfonamides is 1. The SMILES string of the molecule is CCCNC(=O)[C@H](c1ccccc1)N(Cc1ccc(OC)cc1)C(=O)COc1ccc(S(=O)(=O)Nc2ccc(F)cc2)cc1. The minimum atomic E-state index is -3.94. The largest absolute Gasteiger partial charge is 0.497 e. The van der Waals surface area contributed by atoms with Gasteiger partial charge in [0, 0.05) is 18.8 Å². The van der Waals surface area contributed by atoms with Crippen LogP contribution in [0.5, 0.6) is 11.5 Å². The first kappa shape index (κ1) is 32.0. The molecule has 44 heavy (non-hydrogen) atoms. The van der Waals surface area contributed by atoms with Crippen LogP contribution in [0.1, 0.15) is 30.5 Å². The van der Waals surface area contributed by atoms with Gasteiger partial charge < -0.3 is 19.7 Å². The molecule has 0 spiro atoms. The molecule has 0 aliphatic carbocycles. The zero-order chi connectivity index (χ0) is 31.5. The normalized spacial score (nSPS) is 11.7. The predicted octanol–water partition coefficient (Wildman–Crippen LogP) is 5.31. The molecular weight excluding hydrogens is 585 g/mol. The van der Waals surface area contributed by atoms with Crippen molar-refractivity contribution in [1.29, 1.82) is 0 Å². The van der Waals surface area contributed by atoms with Gasteiger partial charge >= 0.3 is 0 Å². The molecule has 0 bridgehead atoms. The molecule has 0 saturated heterocycles. The molecular formula is C33H34FN3O6S. The fourth-order valence-electron chi connectivity index (χ4n) is 4.38. The van der Waals surface area contributed by atoms with Crippen molar-refractivity contribution in [3.05, 3.63) is 120 Å². The minimum absolute atomic E-state index is 0.0432. The van der Waals surface area contributed by atoms with Gasteiger partial charge in [-0.05, 0) is 78.2 Å². The van der Waals surface area contributed by atoms with Crippen molar-refractivity contribution in [1.82, 2.24) is 10.2 Å². The van der Waals surface area contributed by atoms with Crippen molar-refractivity contribution in [2.45, 2.75) is 30.8 Å². The number of nitrogens with one attached hydrogen (secondary N) is 2. The summed E-state index contributed by atoms with van der Waals surface area (Å²) < 4.78 is 52.1. The Kier molecular flexibility index (Phi) is 10.9. The number of hydrogen-bond donors (Lipinski definition) is 2. The average Bonchev–Trinajstić information content (AvgIpc) is 3.04. The number of hydrogen-bond acceptors (Lipinski definition) is 6. The van der Waals surface area contributed by atoms with Crippen molar-refractivity contribution >= 4 is 27.5 Å². The maximum Gasteiger partial charge on any atom is 0.261 e. The van der Waals surface area contributed by atoms with E-state index in [4.69, 9.17) is 9.47 Å². The number of carbonyl (C=O) groups excluding carboxylic acids is 2. The van der Waals surface area contributed by atoms with Gasteiger partial charge in [-0.2, -0.15) is 0 Å². The maximum absolute atomic E-state index is 13.8. The lowest BCUT2D eigenvalue weighted by molar-refractivity contribution is -0.143. The predicted molar refractivity (Wildman–Crippen MR) is 165 cm³/mol. The minimum Gasteiger partial charge on any atom is -0.497 e. The molecule has 4 rings (SSSR count). The van der Waals surface area contributed by atoms with Gasteiger partial charge in [0.05, 0.1) is 12.0 Å². The smallest absolute Gasteiger partial charge is 0.261 e. The summed E-state index contributed by atoms with van der Waals surface area (Å²) in [5.41, 5.74) is 1.64. The van der Waals surface area contributed by atoms with Crippen molar-refractivity contribution in [2.75, 3.05) is 25.0 Å². The molecule has 4 aromatic rings. The molecule has 11 heteroatoms. The maximum atomic E-state index is 13.8. The van der Waals surface area contributed by atoms with Gasteiger partial charge in [0.25, 0.3) is 15.9 Å². The van der Waals surface area contributed by atoms with Crippen LogP contribution < -0.4 is 19.5 Å². The first-order valence-electron chi connectivity index (χ1n) is 14.0. The van der Waals surface area contributed by atoms with Crippen LogP contribution in [0.15, 0.2) is 108 Å². The second kappa shape index (κ2) is 15.0. The number of ether oxygens (including phenoxy) is 2. The summed E-state index contributed by atoms with van der Waals surface area (Å²) in [5, 5.41) is 2.91. The number of halogens is 1. The molecule has 0 aromatic heterocycles. The lowest BCUT2D eigenvalue weighted by atomic mass is 10.0. The number of nitrogens with zero attached hydrogens (tertiary/aromatic N) is 1. The van der Waals surface area contributed by atoms with Crippen molar-refractivity contribution < 1.29 is 31.9 Å². The molecule has 0 aliphatic heterocycles. The van der Waals surface area contributed by atoms with E-state index in [1.165, 1.54) is 41.3 Å². The van der Waals surface area contributed by atoms with E-state index in [9.17, 15) is 22.4 Å². The van der Waals surface area contributed by atoms with Crippen LogP contribution in [-0.2, 0) is 26.2 Å². The van der Waals surface area contributed by atoms with Gasteiger partial charge in [-0.3, -0.25) is 14.3 Å². The fourth-order valence-corrected chi connectivity index (χ4v) is 5.44. The van der Waals surface area contributed by atoms with E-state index in [0.717, 1.165) is 24.1 Å². The Balaban J connectivity index is 1.54. The monoisotopic (exact) mass is 619 g/mol. The zero-order valence-corrected chi connectivity index (χ0v) is 25.2. The van der Waals surface area contributed by atoms with Crippen molar-refractivity contribution in [3.8, 4) is 11.5 Å². The molecule has 9 nitrogen and oxygen atoms in total. The summed E-state index contributed by atoms with van der Waals surface area (Å²) >= 11 is 0. The van der Waals surface area contributed by atoms with Crippen LogP contribution in [0.25, 0.3) is 0 Å². The molecule has 1 atom stereocenters. The number of anilines is 1. The standard InChI is InChI=1S/C33H34FN3O6S/c1-3-21-35-33(39)32(25-7-5-4-6-8-25)37(22-24-9-15-28(42-2)16-10-24)31(38)23-43-29-17-19-30(20-18-29)44(40,41)36-27-13-11-26(34)12-14-27/h4-20,32,36H,3,21-23H2,1-2H3,(H,35,39)/t32-/m0/s1. The third kappa shape index (κ3) is 8.57. The Morgan fingerprint density at radius 2 is 1.50 bits per heavy atom. The van der Waals surface area contributed by atoms with Gasteiger partial charge in [0.2, 0.25) is 5.91 Å². The van der Waals surface area contributed by atoms with E-state index < -0.39 is 34.4 Å². The van der Waals surface area contributed by atoms with Crippen molar-refractivity contribution in [3.63, 3.8) is 0 Å². The molecule has 230 valence electrons. The summed E-state index contributed by atoms with van der Waals surface area (Å²) in [7, 11) is -2.38. The van der Waals surface area contributed by atoms with E-state index >= 15 is 0 Å². The van der Waals surface area contributed by atoms with E-state index in [1.54, 1.807) is 31.4 Å². The molecule has 0 unspecified atom stereocenters. The van der Waals surface area contributed by atoms with Crippen LogP contribution in [0.2, 0.25) is 0 Å². The third-order valence-electron chi connectivity index (χ3n) is 6.65. The molecule has 0 aliphatic rings. The number of benzene rings is 4. The summed E-state index contributed by atoms with van der Waals surface area (Å²) in [6, 6.07) is 25.8. The Hall–Kier alpha value is -4.90. The second-order valence-corrected chi connectivity index (χ2v) is 11.5.